The lowest BCUT2D eigenvalue weighted by atomic mass is 10.3. The molecule has 0 aliphatic carbocycles. The van der Waals surface area contributed by atoms with Crippen LogP contribution in [0, 0.1) is 0 Å². The third-order valence-electron chi connectivity index (χ3n) is 2.82. The largest absolute Gasteiger partial charge is 0.352 e. The van der Waals surface area contributed by atoms with Gasteiger partial charge in [-0.2, -0.15) is 0 Å². The van der Waals surface area contributed by atoms with Crippen molar-refractivity contribution in [3.05, 3.63) is 24.8 Å². The Balaban J connectivity index is 0.000000963. The molecule has 0 bridgehead atoms. The number of fused-ring (bicyclic) bond motifs is 1. The van der Waals surface area contributed by atoms with Crippen molar-refractivity contribution in [2.75, 3.05) is 18.0 Å². The van der Waals surface area contributed by atoms with Crippen LogP contribution in [0.3, 0.4) is 0 Å². The second kappa shape index (κ2) is 4.27. The number of nitrogens with two attached hydrogens (primary N) is 1. The highest BCUT2D eigenvalue weighted by Crippen LogP contribution is 2.20. The Labute approximate surface area is 99.7 Å². The number of imidazole rings is 1. The molecular formula is C10H14ClN5. The Bertz CT molecular complexity index is 483. The van der Waals surface area contributed by atoms with E-state index in [9.17, 15) is 0 Å². The van der Waals surface area contributed by atoms with Crippen LogP contribution in [0.4, 0.5) is 5.82 Å². The summed E-state index contributed by atoms with van der Waals surface area (Å²) in [6, 6.07) is 0.266. The summed E-state index contributed by atoms with van der Waals surface area (Å²) in [5.74, 6) is 0.940. The number of hydrogen-bond acceptors (Lipinski definition) is 4. The Morgan fingerprint density at radius 3 is 2.69 bits per heavy atom. The molecule has 3 heterocycles. The lowest BCUT2D eigenvalue weighted by Crippen LogP contribution is -2.27. The average molecular weight is 240 g/mol. The van der Waals surface area contributed by atoms with Gasteiger partial charge in [-0.05, 0) is 6.42 Å². The smallest absolute Gasteiger partial charge is 0.180 e. The zero-order chi connectivity index (χ0) is 10.3. The first-order valence-corrected chi connectivity index (χ1v) is 5.13. The standard InChI is InChI=1S/C10H13N5.ClH/c11-8-1-4-15(7-8)10-9-12-2-5-14(9)6-3-13-10;/h2-3,5-6,8H,1,4,7,11H2;1H/t8-;/m0./s1. The van der Waals surface area contributed by atoms with Crippen molar-refractivity contribution >= 4 is 23.9 Å². The maximum Gasteiger partial charge on any atom is 0.180 e. The van der Waals surface area contributed by atoms with Gasteiger partial charge in [-0.25, -0.2) is 9.97 Å². The van der Waals surface area contributed by atoms with Crippen molar-refractivity contribution in [2.45, 2.75) is 12.5 Å². The Kier molecular flexibility index (Phi) is 2.98. The van der Waals surface area contributed by atoms with E-state index in [1.807, 2.05) is 16.8 Å². The van der Waals surface area contributed by atoms with E-state index in [2.05, 4.69) is 14.9 Å². The summed E-state index contributed by atoms with van der Waals surface area (Å²) in [6.07, 6.45) is 8.45. The lowest BCUT2D eigenvalue weighted by molar-refractivity contribution is 0.751. The summed E-state index contributed by atoms with van der Waals surface area (Å²) in [7, 11) is 0. The van der Waals surface area contributed by atoms with Crippen LogP contribution in [0.5, 0.6) is 0 Å². The van der Waals surface area contributed by atoms with E-state index in [0.29, 0.717) is 0 Å². The van der Waals surface area contributed by atoms with Crippen molar-refractivity contribution in [1.29, 1.82) is 0 Å². The lowest BCUT2D eigenvalue weighted by Gasteiger charge is -2.16. The summed E-state index contributed by atoms with van der Waals surface area (Å²) in [5.41, 5.74) is 6.79. The number of halogens is 1. The minimum atomic E-state index is 0. The zero-order valence-electron chi connectivity index (χ0n) is 8.78. The number of rotatable bonds is 1. The molecule has 2 N–H and O–H groups in total. The maximum absolute atomic E-state index is 5.89. The van der Waals surface area contributed by atoms with Crippen LogP contribution < -0.4 is 10.6 Å². The first-order chi connectivity index (χ1) is 7.34. The number of aromatic nitrogens is 3. The summed E-state index contributed by atoms with van der Waals surface area (Å²) in [4.78, 5) is 10.9. The van der Waals surface area contributed by atoms with Gasteiger partial charge in [0, 0.05) is 43.9 Å². The second-order valence-corrected chi connectivity index (χ2v) is 3.90. The molecule has 1 saturated heterocycles. The SMILES string of the molecule is Cl.N[C@H]1CCN(c2nccn3ccnc23)C1. The fourth-order valence-electron chi connectivity index (χ4n) is 2.04. The Morgan fingerprint density at radius 2 is 2.00 bits per heavy atom. The van der Waals surface area contributed by atoms with E-state index in [1.165, 1.54) is 0 Å². The predicted octanol–water partition coefficient (Wildman–Crippen LogP) is 0.688. The highest BCUT2D eigenvalue weighted by atomic mass is 35.5. The molecule has 3 rings (SSSR count). The quantitative estimate of drug-likeness (QED) is 0.796. The molecule has 86 valence electrons. The first kappa shape index (κ1) is 11.2. The van der Waals surface area contributed by atoms with E-state index >= 15 is 0 Å². The van der Waals surface area contributed by atoms with Gasteiger partial charge in [0.15, 0.2) is 11.5 Å². The van der Waals surface area contributed by atoms with Gasteiger partial charge in [-0.3, -0.25) is 0 Å². The van der Waals surface area contributed by atoms with Gasteiger partial charge < -0.3 is 15.0 Å². The molecule has 0 radical (unpaired) electrons. The Morgan fingerprint density at radius 1 is 1.25 bits per heavy atom. The van der Waals surface area contributed by atoms with Crippen molar-refractivity contribution in [3.8, 4) is 0 Å². The van der Waals surface area contributed by atoms with E-state index in [1.54, 1.807) is 12.4 Å². The van der Waals surface area contributed by atoms with Crippen LogP contribution in [-0.2, 0) is 0 Å². The molecule has 1 aliphatic rings. The van der Waals surface area contributed by atoms with Gasteiger partial charge in [0.1, 0.15) is 0 Å². The molecule has 0 unspecified atom stereocenters. The number of anilines is 1. The van der Waals surface area contributed by atoms with E-state index in [0.717, 1.165) is 31.0 Å². The third-order valence-corrected chi connectivity index (χ3v) is 2.82. The van der Waals surface area contributed by atoms with Crippen LogP contribution >= 0.6 is 12.4 Å². The summed E-state index contributed by atoms with van der Waals surface area (Å²) >= 11 is 0. The van der Waals surface area contributed by atoms with Gasteiger partial charge in [-0.15, -0.1) is 12.4 Å². The molecule has 1 fully saturated rings. The fraction of sp³-hybridized carbons (Fsp3) is 0.400. The minimum absolute atomic E-state index is 0. The van der Waals surface area contributed by atoms with Crippen LogP contribution in [0.2, 0.25) is 0 Å². The van der Waals surface area contributed by atoms with E-state index in [4.69, 9.17) is 5.73 Å². The molecule has 2 aromatic rings. The van der Waals surface area contributed by atoms with Gasteiger partial charge in [0.05, 0.1) is 0 Å². The highest BCUT2D eigenvalue weighted by Gasteiger charge is 2.22. The molecular weight excluding hydrogens is 226 g/mol. The molecule has 6 heteroatoms. The minimum Gasteiger partial charge on any atom is -0.352 e. The maximum atomic E-state index is 5.89. The second-order valence-electron chi connectivity index (χ2n) is 3.90. The normalized spacial score (nSPS) is 20.1. The molecule has 1 aliphatic heterocycles. The fourth-order valence-corrected chi connectivity index (χ4v) is 2.04. The third kappa shape index (κ3) is 1.72. The van der Waals surface area contributed by atoms with Gasteiger partial charge in [0.25, 0.3) is 0 Å². The Hall–Kier alpha value is -1.33. The van der Waals surface area contributed by atoms with Crippen LogP contribution in [0.15, 0.2) is 24.8 Å². The van der Waals surface area contributed by atoms with Crippen molar-refractivity contribution < 1.29 is 0 Å². The summed E-state index contributed by atoms with van der Waals surface area (Å²) in [6.45, 7) is 1.85. The van der Waals surface area contributed by atoms with Crippen molar-refractivity contribution in [2.24, 2.45) is 5.73 Å². The monoisotopic (exact) mass is 239 g/mol. The van der Waals surface area contributed by atoms with Gasteiger partial charge >= 0.3 is 0 Å². The molecule has 16 heavy (non-hydrogen) atoms. The summed E-state index contributed by atoms with van der Waals surface area (Å²) in [5, 5.41) is 0. The van der Waals surface area contributed by atoms with E-state index < -0.39 is 0 Å². The van der Waals surface area contributed by atoms with E-state index in [-0.39, 0.29) is 18.4 Å². The van der Waals surface area contributed by atoms with Gasteiger partial charge in [0.2, 0.25) is 0 Å². The molecule has 0 aromatic carbocycles. The van der Waals surface area contributed by atoms with Crippen LogP contribution in [0.25, 0.3) is 5.65 Å². The molecule has 0 amide bonds. The summed E-state index contributed by atoms with van der Waals surface area (Å²) < 4.78 is 1.98. The van der Waals surface area contributed by atoms with Crippen LogP contribution in [0.1, 0.15) is 6.42 Å². The molecule has 0 saturated carbocycles. The topological polar surface area (TPSA) is 59.5 Å². The number of hydrogen-bond donors (Lipinski definition) is 1. The van der Waals surface area contributed by atoms with Gasteiger partial charge in [-0.1, -0.05) is 0 Å². The highest BCUT2D eigenvalue weighted by molar-refractivity contribution is 5.85. The van der Waals surface area contributed by atoms with Crippen molar-refractivity contribution in [1.82, 2.24) is 14.4 Å². The van der Waals surface area contributed by atoms with Crippen molar-refractivity contribution in [3.63, 3.8) is 0 Å². The predicted molar refractivity (Wildman–Crippen MR) is 65.0 cm³/mol. The molecule has 1 atom stereocenters. The molecule has 5 nitrogen and oxygen atoms in total. The number of nitrogens with zero attached hydrogens (tertiary/aromatic N) is 4. The zero-order valence-corrected chi connectivity index (χ0v) is 9.60. The average Bonchev–Trinajstić information content (AvgIpc) is 2.84. The molecule has 0 spiro atoms. The van der Waals surface area contributed by atoms with Crippen LogP contribution in [-0.4, -0.2) is 33.5 Å². The molecule has 2 aromatic heterocycles. The first-order valence-electron chi connectivity index (χ1n) is 5.13.